The molecule has 1 amide bonds. The van der Waals surface area contributed by atoms with Crippen molar-refractivity contribution < 1.29 is 14.3 Å². The number of carbonyl (C=O) groups excluding carboxylic acids is 2. The Labute approximate surface area is 163 Å². The summed E-state index contributed by atoms with van der Waals surface area (Å²) >= 11 is 12.3. The van der Waals surface area contributed by atoms with Gasteiger partial charge in [0.1, 0.15) is 0 Å². The van der Waals surface area contributed by atoms with E-state index in [1.807, 2.05) is 0 Å². The first kappa shape index (κ1) is 19.2. The van der Waals surface area contributed by atoms with Gasteiger partial charge in [0.15, 0.2) is 0 Å². The third-order valence-electron chi connectivity index (χ3n) is 5.20. The summed E-state index contributed by atoms with van der Waals surface area (Å²) in [5.41, 5.74) is 1.73. The fraction of sp³-hybridized carbons (Fsp3) is 0.500. The molecule has 1 heterocycles. The van der Waals surface area contributed by atoms with E-state index in [1.54, 1.807) is 25.1 Å². The van der Waals surface area contributed by atoms with Crippen LogP contribution in [0.2, 0.25) is 10.0 Å². The summed E-state index contributed by atoms with van der Waals surface area (Å²) in [5.74, 6) is -0.497. The van der Waals surface area contributed by atoms with Gasteiger partial charge >= 0.3 is 5.97 Å². The van der Waals surface area contributed by atoms with Crippen LogP contribution >= 0.6 is 23.2 Å². The van der Waals surface area contributed by atoms with Crippen molar-refractivity contribution in [1.29, 1.82) is 0 Å². The van der Waals surface area contributed by atoms with Crippen molar-refractivity contribution >= 4 is 35.1 Å². The van der Waals surface area contributed by atoms with Gasteiger partial charge in [0.2, 0.25) is 5.91 Å². The molecule has 1 atom stereocenters. The molecule has 1 saturated carbocycles. The summed E-state index contributed by atoms with van der Waals surface area (Å²) in [4.78, 5) is 24.9. The Morgan fingerprint density at radius 2 is 1.96 bits per heavy atom. The second kappa shape index (κ2) is 8.45. The molecule has 0 aromatic heterocycles. The minimum Gasteiger partial charge on any atom is -0.462 e. The van der Waals surface area contributed by atoms with Crippen LogP contribution in [0, 0.1) is 5.92 Å². The number of ether oxygens (including phenoxy) is 1. The number of benzene rings is 1. The van der Waals surface area contributed by atoms with Gasteiger partial charge in [-0.3, -0.25) is 4.79 Å². The predicted molar refractivity (Wildman–Crippen MR) is 102 cm³/mol. The van der Waals surface area contributed by atoms with Gasteiger partial charge in [-0.15, -0.1) is 0 Å². The van der Waals surface area contributed by atoms with Crippen molar-refractivity contribution in [2.75, 3.05) is 6.61 Å². The monoisotopic (exact) mass is 395 g/mol. The Hall–Kier alpha value is -1.52. The van der Waals surface area contributed by atoms with Gasteiger partial charge in [-0.1, -0.05) is 48.5 Å². The minimum absolute atomic E-state index is 0.137. The van der Waals surface area contributed by atoms with E-state index in [2.05, 4.69) is 5.32 Å². The summed E-state index contributed by atoms with van der Waals surface area (Å²) < 4.78 is 5.62. The Morgan fingerprint density at radius 1 is 1.23 bits per heavy atom. The molecule has 1 aliphatic carbocycles. The van der Waals surface area contributed by atoms with E-state index in [1.165, 1.54) is 19.3 Å². The molecule has 1 aliphatic heterocycles. The van der Waals surface area contributed by atoms with E-state index in [4.69, 9.17) is 27.9 Å². The normalized spacial score (nSPS) is 21.5. The number of nitrogens with one attached hydrogen (secondary N) is 1. The third-order valence-corrected chi connectivity index (χ3v) is 5.76. The van der Waals surface area contributed by atoms with Crippen LogP contribution in [0.5, 0.6) is 0 Å². The first-order chi connectivity index (χ1) is 12.5. The van der Waals surface area contributed by atoms with Crippen LogP contribution in [0.15, 0.2) is 29.5 Å². The van der Waals surface area contributed by atoms with Gasteiger partial charge in [0.25, 0.3) is 0 Å². The Bertz CT molecular complexity index is 739. The van der Waals surface area contributed by atoms with E-state index < -0.39 is 5.92 Å². The van der Waals surface area contributed by atoms with Gasteiger partial charge in [-0.05, 0) is 43.4 Å². The molecule has 0 radical (unpaired) electrons. The lowest BCUT2D eigenvalue weighted by Crippen LogP contribution is -2.34. The Kier molecular flexibility index (Phi) is 6.25. The largest absolute Gasteiger partial charge is 0.462 e. The van der Waals surface area contributed by atoms with Crippen molar-refractivity contribution in [3.05, 3.63) is 45.1 Å². The molecule has 0 spiro atoms. The van der Waals surface area contributed by atoms with Crippen LogP contribution < -0.4 is 5.32 Å². The van der Waals surface area contributed by atoms with Gasteiger partial charge in [0.05, 0.1) is 12.2 Å². The summed E-state index contributed by atoms with van der Waals surface area (Å²) in [6.45, 7) is 2.16. The lowest BCUT2D eigenvalue weighted by molar-refractivity contribution is -0.141. The molecular weight excluding hydrogens is 373 g/mol. The molecular formula is C20H23Cl2NO3. The lowest BCUT2D eigenvalue weighted by atomic mass is 9.84. The fourth-order valence-corrected chi connectivity index (χ4v) is 4.39. The molecule has 140 valence electrons. The molecule has 1 fully saturated rings. The van der Waals surface area contributed by atoms with Crippen LogP contribution in [-0.4, -0.2) is 18.5 Å². The molecule has 0 unspecified atom stereocenters. The van der Waals surface area contributed by atoms with Crippen molar-refractivity contribution in [1.82, 2.24) is 5.32 Å². The molecule has 0 saturated heterocycles. The Balaban J connectivity index is 1.81. The number of esters is 1. The Morgan fingerprint density at radius 3 is 2.65 bits per heavy atom. The molecule has 2 aliphatic rings. The highest BCUT2D eigenvalue weighted by Gasteiger charge is 2.34. The molecule has 4 nitrogen and oxygen atoms in total. The summed E-state index contributed by atoms with van der Waals surface area (Å²) in [6, 6.07) is 5.12. The van der Waals surface area contributed by atoms with Crippen molar-refractivity contribution in [2.45, 2.75) is 51.4 Å². The molecule has 26 heavy (non-hydrogen) atoms. The highest BCUT2D eigenvalue weighted by atomic mass is 35.5. The zero-order valence-corrected chi connectivity index (χ0v) is 16.3. The smallest absolute Gasteiger partial charge is 0.336 e. The number of amides is 1. The van der Waals surface area contributed by atoms with E-state index >= 15 is 0 Å². The molecule has 6 heteroatoms. The fourth-order valence-electron chi connectivity index (χ4n) is 3.85. The molecule has 1 aromatic rings. The lowest BCUT2D eigenvalue weighted by Gasteiger charge is -2.28. The number of allylic oxidation sites excluding steroid dienone is 1. The second-order valence-corrected chi connectivity index (χ2v) is 7.96. The molecule has 0 bridgehead atoms. The van der Waals surface area contributed by atoms with Crippen molar-refractivity contribution in [3.63, 3.8) is 0 Å². The van der Waals surface area contributed by atoms with Gasteiger partial charge in [-0.25, -0.2) is 4.79 Å². The maximum Gasteiger partial charge on any atom is 0.336 e. The van der Waals surface area contributed by atoms with Crippen molar-refractivity contribution in [3.8, 4) is 0 Å². The topological polar surface area (TPSA) is 55.4 Å². The van der Waals surface area contributed by atoms with Crippen molar-refractivity contribution in [2.24, 2.45) is 5.92 Å². The van der Waals surface area contributed by atoms with Gasteiger partial charge < -0.3 is 10.1 Å². The van der Waals surface area contributed by atoms with Gasteiger partial charge in [0, 0.05) is 28.1 Å². The zero-order valence-electron chi connectivity index (χ0n) is 14.8. The standard InChI is InChI=1S/C20H23Cl2NO3/c1-12-19(20(25)26-11-13-5-3-2-4-6-13)16(10-18(24)23-12)15-8-7-14(21)9-17(15)22/h7-9,13,16H,2-6,10-11H2,1H3,(H,23,24)/t16-/m1/s1. The summed E-state index contributed by atoms with van der Waals surface area (Å²) in [5, 5.41) is 3.71. The van der Waals surface area contributed by atoms with E-state index in [-0.39, 0.29) is 18.3 Å². The SMILES string of the molecule is CC1=C(C(=O)OCC2CCCCC2)[C@@H](c2ccc(Cl)cc2Cl)CC(=O)N1. The quantitative estimate of drug-likeness (QED) is 0.730. The maximum atomic E-state index is 12.8. The highest BCUT2D eigenvalue weighted by molar-refractivity contribution is 6.35. The first-order valence-electron chi connectivity index (χ1n) is 9.08. The van der Waals surface area contributed by atoms with Crippen LogP contribution in [0.3, 0.4) is 0 Å². The molecule has 3 rings (SSSR count). The zero-order chi connectivity index (χ0) is 18.7. The molecule has 1 aromatic carbocycles. The van der Waals surface area contributed by atoms with Crippen LogP contribution in [0.1, 0.15) is 56.9 Å². The van der Waals surface area contributed by atoms with E-state index in [9.17, 15) is 9.59 Å². The highest BCUT2D eigenvalue weighted by Crippen LogP contribution is 2.38. The average Bonchev–Trinajstić information content (AvgIpc) is 2.60. The van der Waals surface area contributed by atoms with Crippen LogP contribution in [0.4, 0.5) is 0 Å². The first-order valence-corrected chi connectivity index (χ1v) is 9.84. The number of halogens is 2. The number of hydrogen-bond acceptors (Lipinski definition) is 3. The van der Waals surface area contributed by atoms with Crippen LogP contribution in [-0.2, 0) is 14.3 Å². The predicted octanol–water partition coefficient (Wildman–Crippen LogP) is 4.99. The average molecular weight is 396 g/mol. The minimum atomic E-state index is -0.424. The van der Waals surface area contributed by atoms with Gasteiger partial charge in [-0.2, -0.15) is 0 Å². The van der Waals surface area contributed by atoms with E-state index in [0.29, 0.717) is 33.8 Å². The van der Waals surface area contributed by atoms with E-state index in [0.717, 1.165) is 18.4 Å². The number of carbonyl (C=O) groups is 2. The third kappa shape index (κ3) is 4.41. The number of rotatable bonds is 4. The number of hydrogen-bond donors (Lipinski definition) is 1. The summed E-state index contributed by atoms with van der Waals surface area (Å²) in [7, 11) is 0. The maximum absolute atomic E-state index is 12.8. The van der Waals surface area contributed by atoms with Crippen LogP contribution in [0.25, 0.3) is 0 Å². The summed E-state index contributed by atoms with van der Waals surface area (Å²) in [6.07, 6.45) is 6.03. The second-order valence-electron chi connectivity index (χ2n) is 7.11. The molecule has 1 N–H and O–H groups in total.